The van der Waals surface area contributed by atoms with Crippen LogP contribution in [0.3, 0.4) is 0 Å². The van der Waals surface area contributed by atoms with Crippen LogP contribution in [-0.4, -0.2) is 23.9 Å². The number of fused-ring (bicyclic) bond motifs is 9. The molecule has 0 saturated carbocycles. The van der Waals surface area contributed by atoms with Gasteiger partial charge in [0.15, 0.2) is 17.5 Å². The Morgan fingerprint density at radius 1 is 0.400 bits per heavy atom. The van der Waals surface area contributed by atoms with Gasteiger partial charge in [0.1, 0.15) is 0 Å². The number of aromatic nitrogens is 5. The molecule has 11 rings (SSSR count). The first-order valence-corrected chi connectivity index (χ1v) is 16.5. The monoisotopic (exact) mass is 642 g/mol. The second kappa shape index (κ2) is 10.3. The molecule has 5 nitrogen and oxygen atoms in total. The van der Waals surface area contributed by atoms with Gasteiger partial charge in [0, 0.05) is 54.7 Å². The molecule has 0 aliphatic heterocycles. The molecule has 0 aliphatic carbocycles. The highest BCUT2D eigenvalue weighted by atomic mass is 15.0. The lowest BCUT2D eigenvalue weighted by atomic mass is 10.1. The second-order valence-corrected chi connectivity index (χ2v) is 12.5. The molecule has 11 aromatic rings. The SMILES string of the molecule is [2H]c1c([2H])c([2H])c(-c2nc(-c3ccccc3)nc(-c3cccc(-n4c5ccccc5c5cc6c7cccc8c9ccccc9n(c6cc54)c87)c3)n2)c([2H])c1[2H]. The lowest BCUT2D eigenvalue weighted by Crippen LogP contribution is -2.01. The van der Waals surface area contributed by atoms with Crippen LogP contribution in [0.25, 0.3) is 99.8 Å². The van der Waals surface area contributed by atoms with Gasteiger partial charge in [-0.3, -0.25) is 0 Å². The van der Waals surface area contributed by atoms with Crippen molar-refractivity contribution in [3.63, 3.8) is 0 Å². The first-order valence-electron chi connectivity index (χ1n) is 19.0. The van der Waals surface area contributed by atoms with Gasteiger partial charge in [-0.1, -0.05) is 127 Å². The Bertz CT molecular complexity index is 3360. The standard InChI is InChI=1S/C45H27N5/c1-3-13-28(14-4-1)43-46-44(29-15-5-2-6-16-29)48-45(47-43)30-17-11-18-31(25-30)49-38-23-9-8-20-33(38)36-26-37-35-22-12-21-34-32-19-7-10-24-39(32)50(42(34)35)41(37)27-40(36)49/h1-27H/i1D,3D,4D,13D,14D. The predicted octanol–water partition coefficient (Wildman–Crippen LogP) is 11.1. The van der Waals surface area contributed by atoms with Crippen LogP contribution < -0.4 is 0 Å². The van der Waals surface area contributed by atoms with Gasteiger partial charge in [0.25, 0.3) is 0 Å². The van der Waals surface area contributed by atoms with Gasteiger partial charge in [0.05, 0.1) is 34.4 Å². The third kappa shape index (κ3) is 3.86. The molecule has 232 valence electrons. The van der Waals surface area contributed by atoms with Gasteiger partial charge in [-0.05, 0) is 36.4 Å². The molecular formula is C45H27N5. The third-order valence-electron chi connectivity index (χ3n) is 9.77. The lowest BCUT2D eigenvalue weighted by Gasteiger charge is -2.12. The molecule has 0 unspecified atom stereocenters. The summed E-state index contributed by atoms with van der Waals surface area (Å²) in [5, 5.41) is 7.17. The van der Waals surface area contributed by atoms with Gasteiger partial charge in [-0.25, -0.2) is 15.0 Å². The fraction of sp³-hybridized carbons (Fsp3) is 0. The Kier molecular flexibility index (Phi) is 4.68. The smallest absolute Gasteiger partial charge is 0.164 e. The van der Waals surface area contributed by atoms with Gasteiger partial charge in [-0.2, -0.15) is 0 Å². The second-order valence-electron chi connectivity index (χ2n) is 12.5. The van der Waals surface area contributed by atoms with Crippen LogP contribution in [-0.2, 0) is 0 Å². The fourth-order valence-corrected chi connectivity index (χ4v) is 7.65. The average Bonchev–Trinajstić information content (AvgIpc) is 3.86. The van der Waals surface area contributed by atoms with Crippen molar-refractivity contribution in [1.82, 2.24) is 23.9 Å². The zero-order valence-electron chi connectivity index (χ0n) is 31.4. The van der Waals surface area contributed by atoms with Gasteiger partial charge >= 0.3 is 0 Å². The highest BCUT2D eigenvalue weighted by Gasteiger charge is 2.21. The van der Waals surface area contributed by atoms with E-state index >= 15 is 0 Å². The van der Waals surface area contributed by atoms with Gasteiger partial charge < -0.3 is 8.97 Å². The summed E-state index contributed by atoms with van der Waals surface area (Å²) in [6, 6.07) is 43.5. The number of hydrogen-bond acceptors (Lipinski definition) is 3. The van der Waals surface area contributed by atoms with Gasteiger partial charge in [0.2, 0.25) is 0 Å². The van der Waals surface area contributed by atoms with E-state index in [2.05, 4.69) is 98.9 Å². The topological polar surface area (TPSA) is 48.0 Å². The number of benzene rings is 7. The van der Waals surface area contributed by atoms with Crippen LogP contribution >= 0.6 is 0 Å². The third-order valence-corrected chi connectivity index (χ3v) is 9.77. The van der Waals surface area contributed by atoms with Crippen LogP contribution in [0.15, 0.2) is 164 Å². The minimum atomic E-state index is -0.473. The molecule has 0 radical (unpaired) electrons. The van der Waals surface area contributed by atoms with E-state index in [4.69, 9.17) is 16.8 Å². The molecule has 0 N–H and O–H groups in total. The molecule has 0 atom stereocenters. The largest absolute Gasteiger partial charge is 0.309 e. The maximum atomic E-state index is 8.69. The lowest BCUT2D eigenvalue weighted by molar-refractivity contribution is 1.07. The zero-order chi connectivity index (χ0) is 37.1. The normalized spacial score (nSPS) is 13.4. The van der Waals surface area contributed by atoms with E-state index in [1.54, 1.807) is 0 Å². The molecule has 4 aromatic heterocycles. The molecule has 50 heavy (non-hydrogen) atoms. The number of hydrogen-bond donors (Lipinski definition) is 0. The van der Waals surface area contributed by atoms with Crippen molar-refractivity contribution >= 4 is 59.9 Å². The number of para-hydroxylation sites is 3. The maximum absolute atomic E-state index is 8.69. The molecule has 0 aliphatic rings. The Labute approximate surface area is 293 Å². The van der Waals surface area contributed by atoms with E-state index in [1.165, 1.54) is 32.6 Å². The van der Waals surface area contributed by atoms with Crippen molar-refractivity contribution in [3.05, 3.63) is 164 Å². The summed E-state index contributed by atoms with van der Waals surface area (Å²) in [7, 11) is 0. The van der Waals surface area contributed by atoms with E-state index < -0.39 is 18.1 Å². The summed E-state index contributed by atoms with van der Waals surface area (Å²) in [5.74, 6) is 0.648. The Morgan fingerprint density at radius 2 is 0.980 bits per heavy atom. The maximum Gasteiger partial charge on any atom is 0.164 e. The van der Waals surface area contributed by atoms with Crippen LogP contribution in [0, 0.1) is 0 Å². The number of rotatable bonds is 4. The minimum Gasteiger partial charge on any atom is -0.309 e. The van der Waals surface area contributed by atoms with E-state index in [-0.39, 0.29) is 23.5 Å². The Morgan fingerprint density at radius 3 is 1.78 bits per heavy atom. The van der Waals surface area contributed by atoms with Crippen LogP contribution in [0.5, 0.6) is 0 Å². The van der Waals surface area contributed by atoms with Crippen LogP contribution in [0.1, 0.15) is 6.85 Å². The molecule has 0 fully saturated rings. The molecule has 0 amide bonds. The van der Waals surface area contributed by atoms with Crippen molar-refractivity contribution in [2.75, 3.05) is 0 Å². The molecule has 0 bridgehead atoms. The quantitative estimate of drug-likeness (QED) is 0.192. The predicted molar refractivity (Wildman–Crippen MR) is 205 cm³/mol. The van der Waals surface area contributed by atoms with Crippen molar-refractivity contribution in [2.24, 2.45) is 0 Å². The molecule has 5 heteroatoms. The average molecular weight is 643 g/mol. The highest BCUT2D eigenvalue weighted by molar-refractivity contribution is 6.26. The van der Waals surface area contributed by atoms with E-state index in [9.17, 15) is 0 Å². The van der Waals surface area contributed by atoms with Crippen molar-refractivity contribution in [3.8, 4) is 39.9 Å². The molecule has 4 heterocycles. The number of nitrogens with zero attached hydrogens (tertiary/aromatic N) is 5. The van der Waals surface area contributed by atoms with E-state index in [1.807, 2.05) is 48.5 Å². The first kappa shape index (κ1) is 22.7. The summed E-state index contributed by atoms with van der Waals surface area (Å²) in [4.78, 5) is 14.4. The van der Waals surface area contributed by atoms with Crippen molar-refractivity contribution < 1.29 is 6.85 Å². The Balaban J connectivity index is 1.17. The summed E-state index contributed by atoms with van der Waals surface area (Å²) in [5.41, 5.74) is 7.84. The molecule has 0 saturated heterocycles. The summed E-state index contributed by atoms with van der Waals surface area (Å²) >= 11 is 0. The highest BCUT2D eigenvalue weighted by Crippen LogP contribution is 2.42. The summed E-state index contributed by atoms with van der Waals surface area (Å²) < 4.78 is 46.8. The molecular weight excluding hydrogens is 611 g/mol. The van der Waals surface area contributed by atoms with Gasteiger partial charge in [-0.15, -0.1) is 0 Å². The summed E-state index contributed by atoms with van der Waals surface area (Å²) in [6.07, 6.45) is 0. The van der Waals surface area contributed by atoms with Crippen LogP contribution in [0.2, 0.25) is 0 Å². The molecule has 0 spiro atoms. The van der Waals surface area contributed by atoms with E-state index in [0.29, 0.717) is 22.8 Å². The zero-order valence-corrected chi connectivity index (χ0v) is 26.4. The van der Waals surface area contributed by atoms with Crippen molar-refractivity contribution in [1.29, 1.82) is 0 Å². The first-order chi connectivity index (χ1) is 26.9. The summed E-state index contributed by atoms with van der Waals surface area (Å²) in [6.45, 7) is 0. The minimum absolute atomic E-state index is 0.00325. The Hall–Kier alpha value is -6.85. The fourth-order valence-electron chi connectivity index (χ4n) is 7.65. The van der Waals surface area contributed by atoms with Crippen molar-refractivity contribution in [2.45, 2.75) is 0 Å². The van der Waals surface area contributed by atoms with Crippen LogP contribution in [0.4, 0.5) is 0 Å². The van der Waals surface area contributed by atoms with E-state index in [0.717, 1.165) is 33.0 Å². The molecule has 7 aromatic carbocycles.